The van der Waals surface area contributed by atoms with Gasteiger partial charge in [-0.25, -0.2) is 9.18 Å². The van der Waals surface area contributed by atoms with Gasteiger partial charge >= 0.3 is 5.97 Å². The molecule has 1 heterocycles. The first-order valence-corrected chi connectivity index (χ1v) is 6.53. The number of hydrogen-bond acceptors (Lipinski definition) is 5. The zero-order valence-electron chi connectivity index (χ0n) is 12.1. The molecular formula is C15H15FN2O4. The highest BCUT2D eigenvalue weighted by Gasteiger charge is 2.35. The molecule has 0 bridgehead atoms. The Kier molecular flexibility index (Phi) is 4.88. The van der Waals surface area contributed by atoms with Crippen LogP contribution in [0.4, 0.5) is 4.39 Å². The summed E-state index contributed by atoms with van der Waals surface area (Å²) in [6, 6.07) is 6.13. The van der Waals surface area contributed by atoms with Crippen LogP contribution in [0.15, 0.2) is 40.7 Å². The van der Waals surface area contributed by atoms with E-state index in [9.17, 15) is 14.0 Å². The maximum absolute atomic E-state index is 13.4. The standard InChI is InChI=1S/C15H15FN2O4/c1-9-13(15(20)21-2)11(14(19)18-9)7-17-22-8-10-5-3-4-6-12(10)16/h3-7,11H,8H2,1-2H3,(H,18,19). The number of oxime groups is 1. The number of rotatable bonds is 5. The fourth-order valence-electron chi connectivity index (χ4n) is 2.05. The van der Waals surface area contributed by atoms with Crippen molar-refractivity contribution in [3.63, 3.8) is 0 Å². The number of halogens is 1. The number of carbonyl (C=O) groups excluding carboxylic acids is 2. The van der Waals surface area contributed by atoms with E-state index in [2.05, 4.69) is 15.2 Å². The number of carbonyl (C=O) groups is 2. The highest BCUT2D eigenvalue weighted by atomic mass is 19.1. The van der Waals surface area contributed by atoms with Gasteiger partial charge < -0.3 is 14.9 Å². The lowest BCUT2D eigenvalue weighted by Crippen LogP contribution is -2.24. The molecule has 1 aliphatic rings. The Hall–Kier alpha value is -2.70. The fraction of sp³-hybridized carbons (Fsp3) is 0.267. The molecule has 0 aliphatic carbocycles. The molecule has 1 aromatic carbocycles. The molecule has 0 spiro atoms. The Morgan fingerprint density at radius 1 is 1.45 bits per heavy atom. The molecular weight excluding hydrogens is 291 g/mol. The number of methoxy groups -OCH3 is 1. The predicted octanol–water partition coefficient (Wildman–Crippen LogP) is 1.52. The molecule has 0 saturated carbocycles. The minimum absolute atomic E-state index is 0.0756. The molecule has 0 fully saturated rings. The van der Waals surface area contributed by atoms with E-state index in [1.54, 1.807) is 25.1 Å². The van der Waals surface area contributed by atoms with Gasteiger partial charge in [-0.15, -0.1) is 0 Å². The van der Waals surface area contributed by atoms with Crippen LogP contribution in [0.25, 0.3) is 0 Å². The number of nitrogens with zero attached hydrogens (tertiary/aromatic N) is 1. The van der Waals surface area contributed by atoms with E-state index < -0.39 is 23.6 Å². The molecule has 2 rings (SSSR count). The monoisotopic (exact) mass is 306 g/mol. The van der Waals surface area contributed by atoms with Crippen molar-refractivity contribution in [2.45, 2.75) is 13.5 Å². The summed E-state index contributed by atoms with van der Waals surface area (Å²) in [5, 5.41) is 6.18. The van der Waals surface area contributed by atoms with E-state index in [0.717, 1.165) is 0 Å². The van der Waals surface area contributed by atoms with E-state index in [4.69, 9.17) is 4.84 Å². The Labute approximate surface area is 126 Å². The molecule has 116 valence electrons. The minimum atomic E-state index is -0.881. The molecule has 1 unspecified atom stereocenters. The van der Waals surface area contributed by atoms with Crippen molar-refractivity contribution in [2.24, 2.45) is 11.1 Å². The number of nitrogens with one attached hydrogen (secondary N) is 1. The quantitative estimate of drug-likeness (QED) is 0.508. The maximum atomic E-state index is 13.4. The lowest BCUT2D eigenvalue weighted by molar-refractivity contribution is -0.137. The largest absolute Gasteiger partial charge is 0.466 e. The van der Waals surface area contributed by atoms with Crippen LogP contribution < -0.4 is 5.32 Å². The Balaban J connectivity index is 2.01. The molecule has 1 atom stereocenters. The first kappa shape index (κ1) is 15.7. The summed E-state index contributed by atoms with van der Waals surface area (Å²) >= 11 is 0. The van der Waals surface area contributed by atoms with Crippen LogP contribution in [0.5, 0.6) is 0 Å². The minimum Gasteiger partial charge on any atom is -0.466 e. The summed E-state index contributed by atoms with van der Waals surface area (Å²) in [6.07, 6.45) is 1.19. The van der Waals surface area contributed by atoms with Crippen molar-refractivity contribution in [1.82, 2.24) is 5.32 Å². The molecule has 1 amide bonds. The van der Waals surface area contributed by atoms with Crippen LogP contribution in [0, 0.1) is 11.7 Å². The van der Waals surface area contributed by atoms with Crippen molar-refractivity contribution in [3.05, 3.63) is 46.9 Å². The molecule has 1 aromatic rings. The van der Waals surface area contributed by atoms with Gasteiger partial charge in [0, 0.05) is 11.3 Å². The summed E-state index contributed by atoms with van der Waals surface area (Å²) in [7, 11) is 1.23. The van der Waals surface area contributed by atoms with Gasteiger partial charge in [-0.1, -0.05) is 23.4 Å². The molecule has 0 saturated heterocycles. The number of allylic oxidation sites excluding steroid dienone is 1. The summed E-state index contributed by atoms with van der Waals surface area (Å²) < 4.78 is 18.0. The Bertz CT molecular complexity index is 655. The van der Waals surface area contributed by atoms with Crippen LogP contribution in [0.1, 0.15) is 12.5 Å². The van der Waals surface area contributed by atoms with Crippen LogP contribution in [-0.4, -0.2) is 25.2 Å². The van der Waals surface area contributed by atoms with Crippen LogP contribution in [0.3, 0.4) is 0 Å². The van der Waals surface area contributed by atoms with Crippen molar-refractivity contribution in [3.8, 4) is 0 Å². The van der Waals surface area contributed by atoms with Crippen molar-refractivity contribution >= 4 is 18.1 Å². The third-order valence-corrected chi connectivity index (χ3v) is 3.18. The first-order valence-electron chi connectivity index (χ1n) is 6.53. The number of esters is 1. The summed E-state index contributed by atoms with van der Waals surface area (Å²) in [6.45, 7) is 1.52. The second kappa shape index (κ2) is 6.84. The average Bonchev–Trinajstić information content (AvgIpc) is 2.78. The molecule has 1 N–H and O–H groups in total. The molecule has 22 heavy (non-hydrogen) atoms. The predicted molar refractivity (Wildman–Crippen MR) is 76.0 cm³/mol. The normalized spacial score (nSPS) is 17.8. The van der Waals surface area contributed by atoms with Gasteiger partial charge in [0.2, 0.25) is 5.91 Å². The summed E-state index contributed by atoms with van der Waals surface area (Å²) in [5.41, 5.74) is 0.948. The third kappa shape index (κ3) is 3.30. The van der Waals surface area contributed by atoms with Gasteiger partial charge in [0.1, 0.15) is 18.3 Å². The Morgan fingerprint density at radius 2 is 2.18 bits per heavy atom. The first-order chi connectivity index (χ1) is 10.5. The van der Waals surface area contributed by atoms with Crippen LogP contribution in [-0.2, 0) is 25.8 Å². The van der Waals surface area contributed by atoms with E-state index in [1.807, 2.05) is 0 Å². The molecule has 0 aromatic heterocycles. The maximum Gasteiger partial charge on any atom is 0.336 e. The number of benzene rings is 1. The Morgan fingerprint density at radius 3 is 2.86 bits per heavy atom. The summed E-state index contributed by atoms with van der Waals surface area (Å²) in [4.78, 5) is 28.4. The van der Waals surface area contributed by atoms with E-state index in [1.165, 1.54) is 19.4 Å². The zero-order chi connectivity index (χ0) is 16.1. The number of amides is 1. The topological polar surface area (TPSA) is 77.0 Å². The SMILES string of the molecule is COC(=O)C1=C(C)NC(=O)C1C=NOCc1ccccc1F. The van der Waals surface area contributed by atoms with Crippen LogP contribution >= 0.6 is 0 Å². The van der Waals surface area contributed by atoms with Gasteiger partial charge in [0.15, 0.2) is 0 Å². The number of ether oxygens (including phenoxy) is 1. The van der Waals surface area contributed by atoms with Gasteiger partial charge in [0.25, 0.3) is 0 Å². The third-order valence-electron chi connectivity index (χ3n) is 3.18. The van der Waals surface area contributed by atoms with Gasteiger partial charge in [-0.05, 0) is 13.0 Å². The average molecular weight is 306 g/mol. The number of hydrogen-bond donors (Lipinski definition) is 1. The van der Waals surface area contributed by atoms with E-state index in [-0.39, 0.29) is 12.2 Å². The van der Waals surface area contributed by atoms with E-state index in [0.29, 0.717) is 11.3 Å². The van der Waals surface area contributed by atoms with Crippen molar-refractivity contribution < 1.29 is 23.6 Å². The zero-order valence-corrected chi connectivity index (χ0v) is 12.1. The highest BCUT2D eigenvalue weighted by Crippen LogP contribution is 2.21. The molecule has 6 nitrogen and oxygen atoms in total. The van der Waals surface area contributed by atoms with Crippen LogP contribution in [0.2, 0.25) is 0 Å². The smallest absolute Gasteiger partial charge is 0.336 e. The molecule has 7 heteroatoms. The molecule has 0 radical (unpaired) electrons. The summed E-state index contributed by atoms with van der Waals surface area (Å²) in [5.74, 6) is -2.28. The van der Waals surface area contributed by atoms with Gasteiger partial charge in [0.05, 0.1) is 18.9 Å². The second-order valence-corrected chi connectivity index (χ2v) is 4.62. The van der Waals surface area contributed by atoms with E-state index >= 15 is 0 Å². The van der Waals surface area contributed by atoms with Crippen molar-refractivity contribution in [2.75, 3.05) is 7.11 Å². The van der Waals surface area contributed by atoms with Gasteiger partial charge in [-0.2, -0.15) is 0 Å². The van der Waals surface area contributed by atoms with Gasteiger partial charge in [-0.3, -0.25) is 4.79 Å². The lowest BCUT2D eigenvalue weighted by atomic mass is 10.0. The van der Waals surface area contributed by atoms with Crippen molar-refractivity contribution in [1.29, 1.82) is 0 Å². The fourth-order valence-corrected chi connectivity index (χ4v) is 2.05. The second-order valence-electron chi connectivity index (χ2n) is 4.62. The lowest BCUT2D eigenvalue weighted by Gasteiger charge is -2.06. The highest BCUT2D eigenvalue weighted by molar-refractivity contribution is 6.10. The molecule has 1 aliphatic heterocycles.